The van der Waals surface area contributed by atoms with Crippen molar-refractivity contribution in [3.8, 4) is 6.07 Å². The first-order valence-corrected chi connectivity index (χ1v) is 5.57. The molecule has 1 saturated heterocycles. The summed E-state index contributed by atoms with van der Waals surface area (Å²) < 4.78 is 0. The van der Waals surface area contributed by atoms with Crippen molar-refractivity contribution in [2.24, 2.45) is 0 Å². The molecule has 2 rings (SSSR count). The molecular weight excluding hydrogens is 224 g/mol. The fourth-order valence-corrected chi connectivity index (χ4v) is 2.36. The standard InChI is InChI=1S/C12H13ClN2O/c1-12(16)5-6-15(8-12)11-9(7-14)3-2-4-10(11)13/h2-4,16H,5-6,8H2,1H3. The number of nitriles is 1. The van der Waals surface area contributed by atoms with E-state index in [9.17, 15) is 5.11 Å². The summed E-state index contributed by atoms with van der Waals surface area (Å²) in [6.45, 7) is 3.05. The molecule has 4 heteroatoms. The molecule has 0 aliphatic carbocycles. The first kappa shape index (κ1) is 11.3. The summed E-state index contributed by atoms with van der Waals surface area (Å²) in [7, 11) is 0. The number of anilines is 1. The monoisotopic (exact) mass is 236 g/mol. The van der Waals surface area contributed by atoms with E-state index in [0.29, 0.717) is 23.6 Å². The highest BCUT2D eigenvalue weighted by Gasteiger charge is 2.33. The number of nitrogens with zero attached hydrogens (tertiary/aromatic N) is 2. The van der Waals surface area contributed by atoms with E-state index >= 15 is 0 Å². The van der Waals surface area contributed by atoms with Gasteiger partial charge in [-0.1, -0.05) is 17.7 Å². The summed E-state index contributed by atoms with van der Waals surface area (Å²) in [4.78, 5) is 1.97. The topological polar surface area (TPSA) is 47.3 Å². The van der Waals surface area contributed by atoms with Crippen LogP contribution in [0.15, 0.2) is 18.2 Å². The lowest BCUT2D eigenvalue weighted by Gasteiger charge is -2.22. The third kappa shape index (κ3) is 1.99. The van der Waals surface area contributed by atoms with E-state index in [1.165, 1.54) is 0 Å². The van der Waals surface area contributed by atoms with Crippen LogP contribution in [0.1, 0.15) is 18.9 Å². The molecule has 0 radical (unpaired) electrons. The van der Waals surface area contributed by atoms with E-state index in [1.807, 2.05) is 4.90 Å². The van der Waals surface area contributed by atoms with Crippen LogP contribution < -0.4 is 4.90 Å². The van der Waals surface area contributed by atoms with Gasteiger partial charge in [-0.15, -0.1) is 0 Å². The largest absolute Gasteiger partial charge is 0.388 e. The number of β-amino-alcohol motifs (C(OH)–C–C–N with tert-alkyl or cyclic N) is 1. The Morgan fingerprint density at radius 3 is 2.88 bits per heavy atom. The molecule has 3 nitrogen and oxygen atoms in total. The van der Waals surface area contributed by atoms with Crippen molar-refractivity contribution in [2.45, 2.75) is 18.9 Å². The molecule has 1 aromatic carbocycles. The molecule has 1 aromatic rings. The lowest BCUT2D eigenvalue weighted by Crippen LogP contribution is -2.30. The van der Waals surface area contributed by atoms with Gasteiger partial charge in [0.15, 0.2) is 0 Å². The van der Waals surface area contributed by atoms with Crippen LogP contribution in [0.2, 0.25) is 5.02 Å². The number of benzene rings is 1. The predicted octanol–water partition coefficient (Wildman–Crippen LogP) is 2.17. The molecule has 1 unspecified atom stereocenters. The summed E-state index contributed by atoms with van der Waals surface area (Å²) in [5, 5.41) is 19.5. The molecule has 1 heterocycles. The van der Waals surface area contributed by atoms with Crippen molar-refractivity contribution >= 4 is 17.3 Å². The maximum absolute atomic E-state index is 9.91. The molecule has 1 atom stereocenters. The van der Waals surface area contributed by atoms with E-state index in [-0.39, 0.29) is 0 Å². The van der Waals surface area contributed by atoms with Crippen LogP contribution in [0.3, 0.4) is 0 Å². The molecule has 1 aliphatic rings. The Balaban J connectivity index is 2.38. The van der Waals surface area contributed by atoms with Gasteiger partial charge in [0, 0.05) is 13.1 Å². The van der Waals surface area contributed by atoms with Gasteiger partial charge in [0.2, 0.25) is 0 Å². The molecule has 0 aromatic heterocycles. The van der Waals surface area contributed by atoms with Gasteiger partial charge < -0.3 is 10.0 Å². The summed E-state index contributed by atoms with van der Waals surface area (Å²) in [6.07, 6.45) is 0.698. The zero-order chi connectivity index (χ0) is 11.8. The van der Waals surface area contributed by atoms with Crippen molar-refractivity contribution in [3.05, 3.63) is 28.8 Å². The van der Waals surface area contributed by atoms with Crippen LogP contribution in [0.4, 0.5) is 5.69 Å². The van der Waals surface area contributed by atoms with Crippen LogP contribution in [0, 0.1) is 11.3 Å². The molecule has 84 valence electrons. The Morgan fingerprint density at radius 2 is 2.31 bits per heavy atom. The van der Waals surface area contributed by atoms with E-state index < -0.39 is 5.60 Å². The number of aliphatic hydroxyl groups is 1. The van der Waals surface area contributed by atoms with Gasteiger partial charge in [0.1, 0.15) is 6.07 Å². The Hall–Kier alpha value is -1.24. The Morgan fingerprint density at radius 1 is 1.56 bits per heavy atom. The first-order chi connectivity index (χ1) is 7.53. The fraction of sp³-hybridized carbons (Fsp3) is 0.417. The number of hydrogen-bond donors (Lipinski definition) is 1. The van der Waals surface area contributed by atoms with Gasteiger partial charge in [-0.05, 0) is 25.5 Å². The molecule has 0 saturated carbocycles. The van der Waals surface area contributed by atoms with Crippen LogP contribution in [-0.2, 0) is 0 Å². The lowest BCUT2D eigenvalue weighted by atomic mass is 10.1. The number of rotatable bonds is 1. The second-order valence-electron chi connectivity index (χ2n) is 4.42. The predicted molar refractivity (Wildman–Crippen MR) is 63.6 cm³/mol. The molecule has 1 aliphatic heterocycles. The minimum absolute atomic E-state index is 0.519. The number of hydrogen-bond acceptors (Lipinski definition) is 3. The van der Waals surface area contributed by atoms with E-state index in [4.69, 9.17) is 16.9 Å². The molecule has 1 fully saturated rings. The van der Waals surface area contributed by atoms with E-state index in [2.05, 4.69) is 6.07 Å². The van der Waals surface area contributed by atoms with Crippen molar-refractivity contribution in [3.63, 3.8) is 0 Å². The zero-order valence-electron chi connectivity index (χ0n) is 9.07. The summed E-state index contributed by atoms with van der Waals surface area (Å²) >= 11 is 6.11. The maximum atomic E-state index is 9.91. The quantitative estimate of drug-likeness (QED) is 0.813. The smallest absolute Gasteiger partial charge is 0.101 e. The Bertz CT molecular complexity index is 451. The van der Waals surface area contributed by atoms with Crippen molar-refractivity contribution in [2.75, 3.05) is 18.0 Å². The van der Waals surface area contributed by atoms with Gasteiger partial charge in [0.25, 0.3) is 0 Å². The van der Waals surface area contributed by atoms with Crippen molar-refractivity contribution in [1.29, 1.82) is 5.26 Å². The van der Waals surface area contributed by atoms with Gasteiger partial charge in [-0.25, -0.2) is 0 Å². The van der Waals surface area contributed by atoms with Crippen LogP contribution in [-0.4, -0.2) is 23.8 Å². The van der Waals surface area contributed by atoms with Gasteiger partial charge >= 0.3 is 0 Å². The minimum Gasteiger partial charge on any atom is -0.388 e. The molecule has 1 N–H and O–H groups in total. The first-order valence-electron chi connectivity index (χ1n) is 5.19. The third-order valence-electron chi connectivity index (χ3n) is 2.88. The zero-order valence-corrected chi connectivity index (χ0v) is 9.83. The van der Waals surface area contributed by atoms with Crippen molar-refractivity contribution in [1.82, 2.24) is 0 Å². The highest BCUT2D eigenvalue weighted by Crippen LogP contribution is 2.34. The number of para-hydroxylation sites is 1. The highest BCUT2D eigenvalue weighted by molar-refractivity contribution is 6.33. The van der Waals surface area contributed by atoms with Gasteiger partial charge in [-0.3, -0.25) is 0 Å². The Kier molecular flexibility index (Phi) is 2.79. The summed E-state index contributed by atoms with van der Waals surface area (Å²) in [5.41, 5.74) is 0.612. The average Bonchev–Trinajstić information content (AvgIpc) is 2.58. The lowest BCUT2D eigenvalue weighted by molar-refractivity contribution is 0.0839. The average molecular weight is 237 g/mol. The van der Waals surface area contributed by atoms with Crippen LogP contribution in [0.5, 0.6) is 0 Å². The highest BCUT2D eigenvalue weighted by atomic mass is 35.5. The van der Waals surface area contributed by atoms with Gasteiger partial charge in [0.05, 0.1) is 21.9 Å². The molecule has 16 heavy (non-hydrogen) atoms. The molecule has 0 bridgehead atoms. The second kappa shape index (κ2) is 3.97. The molecular formula is C12H13ClN2O. The molecule has 0 amide bonds. The normalized spacial score (nSPS) is 24.5. The summed E-state index contributed by atoms with van der Waals surface area (Å²) in [6, 6.07) is 7.41. The maximum Gasteiger partial charge on any atom is 0.101 e. The fourth-order valence-electron chi connectivity index (χ4n) is 2.06. The SMILES string of the molecule is CC1(O)CCN(c2c(Cl)cccc2C#N)C1. The molecule has 0 spiro atoms. The minimum atomic E-state index is -0.689. The third-order valence-corrected chi connectivity index (χ3v) is 3.18. The van der Waals surface area contributed by atoms with Crippen molar-refractivity contribution < 1.29 is 5.11 Å². The second-order valence-corrected chi connectivity index (χ2v) is 4.82. The van der Waals surface area contributed by atoms with Gasteiger partial charge in [-0.2, -0.15) is 5.26 Å². The van der Waals surface area contributed by atoms with E-state index in [1.54, 1.807) is 25.1 Å². The number of halogens is 1. The van der Waals surface area contributed by atoms with Crippen LogP contribution in [0.25, 0.3) is 0 Å². The van der Waals surface area contributed by atoms with E-state index in [0.717, 1.165) is 12.2 Å². The Labute approximate surface area is 99.9 Å². The van der Waals surface area contributed by atoms with Crippen LogP contribution >= 0.6 is 11.6 Å². The summed E-state index contributed by atoms with van der Waals surface area (Å²) in [5.74, 6) is 0.